The van der Waals surface area contributed by atoms with Crippen LogP contribution in [0.5, 0.6) is 0 Å². The van der Waals surface area contributed by atoms with Crippen LogP contribution < -0.4 is 5.32 Å². The Morgan fingerprint density at radius 3 is 2.07 bits per heavy atom. The quantitative estimate of drug-likeness (QED) is 0.0816. The molecule has 1 aromatic heterocycles. The van der Waals surface area contributed by atoms with Crippen LogP contribution in [0.25, 0.3) is 10.8 Å². The first-order chi connectivity index (χ1) is 25.4. The number of nitrogens with one attached hydrogen (secondary N) is 1. The molecule has 4 aromatic carbocycles. The van der Waals surface area contributed by atoms with E-state index in [1.807, 2.05) is 0 Å². The molecule has 27 heteroatoms. The van der Waals surface area contributed by atoms with Gasteiger partial charge in [0, 0.05) is 11.3 Å². The second-order valence-electron chi connectivity index (χ2n) is 11.3. The third kappa shape index (κ3) is 8.63. The van der Waals surface area contributed by atoms with E-state index in [9.17, 15) is 55.7 Å². The van der Waals surface area contributed by atoms with Crippen molar-refractivity contribution in [2.24, 2.45) is 10.2 Å². The predicted molar refractivity (Wildman–Crippen MR) is 189 cm³/mol. The molecule has 1 atom stereocenters. The van der Waals surface area contributed by atoms with Crippen molar-refractivity contribution in [2.45, 2.75) is 25.5 Å². The summed E-state index contributed by atoms with van der Waals surface area (Å²) in [5.41, 5.74) is -1.01. The summed E-state index contributed by atoms with van der Waals surface area (Å²) in [7, 11) is -24.1. The lowest BCUT2D eigenvalue weighted by Gasteiger charge is -2.32. The summed E-state index contributed by atoms with van der Waals surface area (Å²) in [6, 6.07) is 12.5. The molecule has 55 heavy (non-hydrogen) atoms. The molecular weight excluding hydrogens is 856 g/mol. The first kappa shape index (κ1) is 40.1. The van der Waals surface area contributed by atoms with Crippen LogP contribution in [0.4, 0.5) is 23.0 Å². The largest absolute Gasteiger partial charge is 0.397 e. The van der Waals surface area contributed by atoms with Crippen molar-refractivity contribution < 1.29 is 64.5 Å². The van der Waals surface area contributed by atoms with E-state index < -0.39 is 100 Å². The van der Waals surface area contributed by atoms with Crippen molar-refractivity contribution in [3.05, 3.63) is 89.0 Å². The smallest absolute Gasteiger partial charge is 0.324 e. The van der Waals surface area contributed by atoms with Crippen LogP contribution in [-0.2, 0) is 54.8 Å². The second-order valence-corrected chi connectivity index (χ2v) is 19.0. The summed E-state index contributed by atoms with van der Waals surface area (Å²) in [5.74, 6) is -2.85. The minimum atomic E-state index is -5.23. The maximum absolute atomic E-state index is 12.8. The average molecular weight is 877 g/mol. The van der Waals surface area contributed by atoms with E-state index in [2.05, 4.69) is 34.7 Å². The molecule has 5 aromatic rings. The summed E-state index contributed by atoms with van der Waals surface area (Å²) < 4.78 is 164. The van der Waals surface area contributed by atoms with Gasteiger partial charge >= 0.3 is 10.4 Å². The highest BCUT2D eigenvalue weighted by molar-refractivity contribution is 7.91. The van der Waals surface area contributed by atoms with Crippen molar-refractivity contribution in [2.75, 3.05) is 17.7 Å². The number of azo groups is 1. The van der Waals surface area contributed by atoms with Crippen LogP contribution in [0, 0.1) is 0 Å². The Morgan fingerprint density at radius 1 is 0.727 bits per heavy atom. The highest BCUT2D eigenvalue weighted by atomic mass is 35.5. The first-order valence-corrected chi connectivity index (χ1v) is 22.3. The van der Waals surface area contributed by atoms with Gasteiger partial charge in [0.05, 0.1) is 28.1 Å². The zero-order chi connectivity index (χ0) is 40.3. The molecule has 1 aliphatic carbocycles. The lowest BCUT2D eigenvalue weighted by atomic mass is 9.73. The fourth-order valence-corrected chi connectivity index (χ4v) is 9.07. The number of nitrogens with zero attached hydrogens (tertiary/aromatic N) is 5. The fourth-order valence-electron chi connectivity index (χ4n) is 5.52. The Bertz CT molecular complexity index is 3040. The van der Waals surface area contributed by atoms with E-state index in [0.717, 1.165) is 36.4 Å². The fraction of sp³-hybridized carbons (Fsp3) is 0.107. The van der Waals surface area contributed by atoms with Gasteiger partial charge in [-0.15, -0.1) is 10.2 Å². The standard InChI is InChI=1S/C28H21ClN6O15S5/c29-27-31-26(32-28(33-27)30-15-4-3-5-16(12-15)51(36,37)9-8-50-55(47,48)49)23-18-13-17(52(38,39)40)10-14-11-21(54(44,45)46)25(24(23)22(14)18)35-34-19-6-1-2-7-20(19)53(41,42)43/h1-7,10-13,23H,8-9H2,(H,38,39,40)(H,41,42,43)(H,44,45,46)(H,47,48,49)(H,30,31,32,33). The number of hydrogen-bond donors (Lipinski definition) is 5. The highest BCUT2D eigenvalue weighted by Crippen LogP contribution is 2.54. The molecule has 0 aliphatic heterocycles. The average Bonchev–Trinajstić information content (AvgIpc) is 3.04. The van der Waals surface area contributed by atoms with Crippen molar-refractivity contribution in [1.82, 2.24) is 15.0 Å². The van der Waals surface area contributed by atoms with Crippen LogP contribution in [0.2, 0.25) is 5.28 Å². The summed E-state index contributed by atoms with van der Waals surface area (Å²) in [6.45, 7) is -0.895. The normalized spacial score (nSPS) is 15.0. The molecule has 21 nitrogen and oxygen atoms in total. The molecule has 0 saturated heterocycles. The zero-order valence-electron chi connectivity index (χ0n) is 26.8. The summed E-state index contributed by atoms with van der Waals surface area (Å²) in [6.07, 6.45) is 0. The molecule has 0 spiro atoms. The van der Waals surface area contributed by atoms with Crippen molar-refractivity contribution in [3.63, 3.8) is 0 Å². The van der Waals surface area contributed by atoms with E-state index in [1.165, 1.54) is 30.3 Å². The molecule has 0 saturated carbocycles. The van der Waals surface area contributed by atoms with E-state index >= 15 is 0 Å². The number of aromatic nitrogens is 3. The Kier molecular flexibility index (Phi) is 10.3. The number of benzene rings is 4. The third-order valence-electron chi connectivity index (χ3n) is 7.71. The molecule has 1 heterocycles. The van der Waals surface area contributed by atoms with Gasteiger partial charge in [0.1, 0.15) is 27.0 Å². The lowest BCUT2D eigenvalue weighted by molar-refractivity contribution is 0.284. The van der Waals surface area contributed by atoms with Gasteiger partial charge in [-0.1, -0.05) is 18.2 Å². The van der Waals surface area contributed by atoms with Gasteiger partial charge in [0.2, 0.25) is 11.2 Å². The minimum absolute atomic E-state index is 0.0374. The predicted octanol–water partition coefficient (Wildman–Crippen LogP) is 3.66. The number of rotatable bonds is 13. The van der Waals surface area contributed by atoms with Crippen LogP contribution >= 0.6 is 11.6 Å². The Balaban J connectivity index is 1.49. The third-order valence-corrected chi connectivity index (χ3v) is 12.6. The Hall–Kier alpha value is -4.61. The number of anilines is 2. The molecule has 0 amide bonds. The van der Waals surface area contributed by atoms with E-state index in [0.29, 0.717) is 0 Å². The number of hydrogen-bond acceptors (Lipinski definition) is 17. The van der Waals surface area contributed by atoms with Crippen LogP contribution in [0.1, 0.15) is 22.9 Å². The number of halogens is 1. The highest BCUT2D eigenvalue weighted by Gasteiger charge is 2.40. The molecule has 0 fully saturated rings. The molecule has 6 rings (SSSR count). The monoisotopic (exact) mass is 876 g/mol. The van der Waals surface area contributed by atoms with Crippen molar-refractivity contribution >= 4 is 96.0 Å². The summed E-state index contributed by atoms with van der Waals surface area (Å²) in [5, 5.41) is 10.0. The first-order valence-electron chi connectivity index (χ1n) is 14.6. The van der Waals surface area contributed by atoms with E-state index in [4.69, 9.17) is 16.2 Å². The topological polar surface area (TPSA) is 336 Å². The van der Waals surface area contributed by atoms with Crippen LogP contribution in [0.3, 0.4) is 0 Å². The molecule has 1 unspecified atom stereocenters. The van der Waals surface area contributed by atoms with Gasteiger partial charge in [-0.05, 0) is 76.5 Å². The number of sulfone groups is 1. The van der Waals surface area contributed by atoms with Crippen molar-refractivity contribution in [3.8, 4) is 0 Å². The minimum Gasteiger partial charge on any atom is -0.324 e. The van der Waals surface area contributed by atoms with Crippen LogP contribution in [-0.4, -0.2) is 87.6 Å². The van der Waals surface area contributed by atoms with E-state index in [-0.39, 0.29) is 44.3 Å². The van der Waals surface area contributed by atoms with Gasteiger partial charge in [0.25, 0.3) is 30.4 Å². The Morgan fingerprint density at radius 2 is 1.42 bits per heavy atom. The van der Waals surface area contributed by atoms with Crippen LogP contribution in [0.15, 0.2) is 96.5 Å². The van der Waals surface area contributed by atoms with Gasteiger partial charge < -0.3 is 5.32 Å². The summed E-state index contributed by atoms with van der Waals surface area (Å²) >= 11 is 6.24. The maximum Gasteiger partial charge on any atom is 0.397 e. The molecule has 0 bridgehead atoms. The summed E-state index contributed by atoms with van der Waals surface area (Å²) in [4.78, 5) is 9.71. The molecule has 1 aliphatic rings. The molecule has 5 N–H and O–H groups in total. The molecule has 0 radical (unpaired) electrons. The SMILES string of the molecule is O=S(=O)(O)OCCS(=O)(=O)c1cccc(Nc2nc(Cl)nc(C3c4cc(S(=O)(=O)O)cc5cc(S(=O)(=O)O)c(N=Nc6ccccc6S(=O)(=O)O)c3c45)n2)c1. The lowest BCUT2D eigenvalue weighted by Crippen LogP contribution is -2.21. The zero-order valence-corrected chi connectivity index (χ0v) is 31.6. The molecule has 290 valence electrons. The molecular formula is C28H21ClN6O15S5. The van der Waals surface area contributed by atoms with Gasteiger partial charge in [0.15, 0.2) is 9.84 Å². The van der Waals surface area contributed by atoms with E-state index in [1.54, 1.807) is 0 Å². The van der Waals surface area contributed by atoms with Gasteiger partial charge in [-0.25, -0.2) is 17.6 Å². The maximum atomic E-state index is 12.8. The van der Waals surface area contributed by atoms with Gasteiger partial charge in [-0.2, -0.15) is 43.6 Å². The van der Waals surface area contributed by atoms with Gasteiger partial charge in [-0.3, -0.25) is 18.2 Å². The second kappa shape index (κ2) is 14.2. The van der Waals surface area contributed by atoms with Crippen molar-refractivity contribution in [1.29, 1.82) is 0 Å². The Labute approximate surface area is 316 Å².